The van der Waals surface area contributed by atoms with Crippen LogP contribution in [0.2, 0.25) is 0 Å². The maximum atomic E-state index is 13.2. The fraction of sp³-hybridized carbons (Fsp3) is 0.0714. The van der Waals surface area contributed by atoms with Crippen molar-refractivity contribution in [3.05, 3.63) is 274 Å². The second-order valence-electron chi connectivity index (χ2n) is 27.4. The van der Waals surface area contributed by atoms with Crippen molar-refractivity contribution in [1.82, 2.24) is 38.0 Å². The first-order valence-electron chi connectivity index (χ1n) is 37.2. The van der Waals surface area contributed by atoms with Gasteiger partial charge in [-0.05, 0) is 259 Å². The molecule has 0 aliphatic rings. The second-order valence-corrected chi connectivity index (χ2v) is 38.5. The van der Waals surface area contributed by atoms with E-state index in [2.05, 4.69) is 212 Å². The number of carbonyl (C=O) groups excluding carboxylic acids is 6. The van der Waals surface area contributed by atoms with Crippen molar-refractivity contribution in [3.63, 3.8) is 0 Å². The number of anilines is 4. The number of nitrogens with one attached hydrogen (secondary N) is 11. The van der Waals surface area contributed by atoms with Gasteiger partial charge in [0.15, 0.2) is 23.2 Å². The van der Waals surface area contributed by atoms with E-state index in [-0.39, 0.29) is 143 Å². The summed E-state index contributed by atoms with van der Waals surface area (Å²) < 4.78 is 106. The molecule has 12 aromatic rings. The Balaban J connectivity index is 0.000000273. The van der Waals surface area contributed by atoms with Crippen LogP contribution < -0.4 is 148 Å². The summed E-state index contributed by atoms with van der Waals surface area (Å²) in [5, 5.41) is 87.1. The average molecular weight is 2460 g/mol. The van der Waals surface area contributed by atoms with E-state index in [1.807, 2.05) is 78.9 Å². The zero-order valence-corrected chi connectivity index (χ0v) is 92.3. The minimum Gasteiger partial charge on any atom is -0.744 e. The number of carbonyl (C=O) groups is 6. The number of hydrazone groups is 5. The second kappa shape index (κ2) is 51.2. The van der Waals surface area contributed by atoms with Crippen molar-refractivity contribution >= 4 is 297 Å². The molecule has 0 heterocycles. The first kappa shape index (κ1) is 113. The molecule has 12 aromatic carbocycles. The van der Waals surface area contributed by atoms with Crippen LogP contribution in [0.5, 0.6) is 28.7 Å². The Bertz CT molecular complexity index is 7050. The van der Waals surface area contributed by atoms with Gasteiger partial charge in [0, 0.05) is 64.0 Å². The molecule has 684 valence electrons. The Morgan fingerprint density at radius 3 is 0.926 bits per heavy atom. The van der Waals surface area contributed by atoms with Gasteiger partial charge in [-0.2, -0.15) is 25.5 Å². The standard InChI is InChI=1S/C28H21Br4N5O5.C28H24Br2N6O6S2.C28H23Br2N5O9S2.3Na/c1-13-19(29)9-16(24(38)21(13)31)11-33-36-27(41)23(35-18-7-6-14-4-2-3-5-15(14)8-18)28(42)37-34-12-17-10-20(30)26(40)22(32)25(17)39;1-15-22(29)13-18(25(37)23(15)30)14-31-34-26(38)24(32-20-7-6-16-4-2-3-5-17(16)12-20)27(39)35-36-28(43)33-19-8-10-21(11-9-19)44(40,41)42;1-15-22(29)11-19(26(36)24(15)30)14-32-35-28(38)25(33-20-8-6-16-4-2-3-5-17(16)10-20)27(37)34-31-13-18-7-9-21(45(39,40)41)12-23(18)46(42,43)44;;;/h2-12,23,35,38-40H,1H3,(H,36,41)(H,37,42);2-14,24,32,37H,1H3,(H,34,38)(H,35,39)(H2,33,36,43)(H,40,41,42);2-14,25,33,36H,1H3,(H,34,37)(H,35,38)(H,39,40,41)(H,42,43,44);;;/q;;;3*+1/p-3/b33-11+,34-12+;31-14+;31-13+,32-14+;;;. The van der Waals surface area contributed by atoms with Crippen LogP contribution >= 0.6 is 140 Å². The summed E-state index contributed by atoms with van der Waals surface area (Å²) in [6.45, 7) is 5.36. The largest absolute Gasteiger partial charge is 1.00 e. The van der Waals surface area contributed by atoms with Crippen molar-refractivity contribution in [3.8, 4) is 28.7 Å². The number of rotatable bonds is 26. The van der Waals surface area contributed by atoms with Gasteiger partial charge in [-0.1, -0.05) is 145 Å². The molecule has 12 rings (SSSR count). The molecular weight excluding hydrogens is 2390 g/mol. The molecule has 16 N–H and O–H groups in total. The van der Waals surface area contributed by atoms with Crippen LogP contribution in [-0.4, -0.2) is 154 Å². The summed E-state index contributed by atoms with van der Waals surface area (Å²) >= 11 is 31.5. The van der Waals surface area contributed by atoms with Gasteiger partial charge in [0.05, 0.1) is 63.7 Å². The van der Waals surface area contributed by atoms with Crippen molar-refractivity contribution in [2.75, 3.05) is 21.3 Å². The van der Waals surface area contributed by atoms with Crippen LogP contribution in [0, 0.1) is 20.8 Å². The number of benzene rings is 12. The fourth-order valence-electron chi connectivity index (χ4n) is 11.5. The molecule has 0 spiro atoms. The predicted molar refractivity (Wildman–Crippen MR) is 527 cm³/mol. The van der Waals surface area contributed by atoms with E-state index in [9.17, 15) is 93.2 Å². The Morgan fingerprint density at radius 1 is 0.326 bits per heavy atom. The molecule has 3 atom stereocenters. The summed E-state index contributed by atoms with van der Waals surface area (Å²) in [6.07, 6.45) is 5.51. The third-order valence-electron chi connectivity index (χ3n) is 18.4. The quantitative estimate of drug-likeness (QED) is 0.00855. The molecule has 0 saturated heterocycles. The number of phenols is 5. The van der Waals surface area contributed by atoms with E-state index in [1.165, 1.54) is 30.6 Å². The molecule has 6 amide bonds. The van der Waals surface area contributed by atoms with Gasteiger partial charge in [-0.3, -0.25) is 39.6 Å². The molecular formula is C84H65Br8N16Na3O20S4. The normalized spacial score (nSPS) is 12.0. The van der Waals surface area contributed by atoms with Gasteiger partial charge >= 0.3 is 88.7 Å². The minimum atomic E-state index is -5.27. The number of aromatic hydroxyl groups is 5. The zero-order valence-electron chi connectivity index (χ0n) is 70.3. The number of fused-ring (bicyclic) bond motifs is 3. The van der Waals surface area contributed by atoms with Gasteiger partial charge in [0.25, 0.3) is 35.4 Å². The third kappa shape index (κ3) is 31.1. The van der Waals surface area contributed by atoms with Gasteiger partial charge in [0.2, 0.25) is 0 Å². The van der Waals surface area contributed by atoms with Crippen molar-refractivity contribution in [1.29, 1.82) is 0 Å². The van der Waals surface area contributed by atoms with E-state index in [1.54, 1.807) is 87.5 Å². The van der Waals surface area contributed by atoms with Gasteiger partial charge in [-0.15, -0.1) is 0 Å². The fourth-order valence-corrected chi connectivity index (χ4v) is 18.0. The van der Waals surface area contributed by atoms with E-state index >= 15 is 0 Å². The van der Waals surface area contributed by atoms with Gasteiger partial charge < -0.3 is 60.5 Å². The van der Waals surface area contributed by atoms with E-state index in [0.29, 0.717) is 66.8 Å². The minimum absolute atomic E-state index is 0. The Hall–Kier alpha value is -8.75. The molecule has 0 aromatic heterocycles. The maximum Gasteiger partial charge on any atom is 1.00 e. The van der Waals surface area contributed by atoms with Crippen molar-refractivity contribution in [2.24, 2.45) is 25.5 Å². The molecule has 0 aliphatic carbocycles. The van der Waals surface area contributed by atoms with E-state index < -0.39 is 104 Å². The molecule has 135 heavy (non-hydrogen) atoms. The first-order chi connectivity index (χ1) is 62.4. The molecule has 0 saturated carbocycles. The van der Waals surface area contributed by atoms with Crippen LogP contribution in [0.25, 0.3) is 32.3 Å². The molecule has 0 aliphatic heterocycles. The number of nitrogens with zero attached hydrogens (tertiary/aromatic N) is 5. The Kier molecular flexibility index (Phi) is 43.0. The summed E-state index contributed by atoms with van der Waals surface area (Å²) in [6, 6.07) is 46.6. The number of amides is 6. The summed E-state index contributed by atoms with van der Waals surface area (Å²) in [4.78, 5) is 76.6. The van der Waals surface area contributed by atoms with Crippen molar-refractivity contribution in [2.45, 2.75) is 53.6 Å². The summed E-state index contributed by atoms with van der Waals surface area (Å²) in [5.74, 6) is -6.10. The van der Waals surface area contributed by atoms with Crippen molar-refractivity contribution < 1.29 is 182 Å². The number of hydrazine groups is 1. The SMILES string of the molecule is Cc1c(Br)cc(/C=N/NC(=O)C(Nc2ccc3ccccc3c2)C(=O)N/N=C/c2cc(Br)c(O)c(Br)c2O)c(O)c1Br.Cc1c(Br)cc(/C=N/NC(=O)C(Nc2ccc3ccccc3c2)C(=O)N/N=C/c2ccc(S(=O)(=O)[O-])cc2S(=O)(=O)[O-])c(O)c1Br.Cc1c(Br)cc(/C=N/NC(=O)C(Nc2ccc3ccccc3c2)C(=O)NNC(=S)Nc2ccc(S(=O)(=O)[O-])cc2)c(O)c1Br.[Na+].[Na+].[Na+]. The molecule has 51 heteroatoms. The van der Waals surface area contributed by atoms with Gasteiger partial charge in [0.1, 0.15) is 63.6 Å². The van der Waals surface area contributed by atoms with Crippen LogP contribution in [0.1, 0.15) is 44.5 Å². The average Bonchev–Trinajstić information content (AvgIpc) is 0.754. The van der Waals surface area contributed by atoms with Gasteiger partial charge in [-0.25, -0.2) is 52.4 Å². The summed E-state index contributed by atoms with van der Waals surface area (Å²) in [7, 11) is -15.0. The molecule has 0 fully saturated rings. The van der Waals surface area contributed by atoms with Crippen LogP contribution in [0.15, 0.2) is 270 Å². The Morgan fingerprint density at radius 2 is 0.607 bits per heavy atom. The number of phenolic OH excluding ortho intramolecular Hbond substituents is 5. The molecule has 0 bridgehead atoms. The number of thiocarbonyl (C=S) groups is 1. The van der Waals surface area contributed by atoms with E-state index in [0.717, 1.165) is 91.9 Å². The molecule has 36 nitrogen and oxygen atoms in total. The Labute approximate surface area is 908 Å². The monoisotopic (exact) mass is 2450 g/mol. The zero-order chi connectivity index (χ0) is 96.4. The smallest absolute Gasteiger partial charge is 0.744 e. The topological polar surface area (TPSA) is 569 Å². The molecule has 0 radical (unpaired) electrons. The maximum absolute atomic E-state index is 13.2. The van der Waals surface area contributed by atoms with E-state index in [4.69, 9.17) is 12.2 Å². The number of halogens is 8. The number of hydrogen-bond acceptors (Lipinski definition) is 29. The first-order valence-corrected chi connectivity index (χ1v) is 48.2. The number of hydrogen-bond donors (Lipinski definition) is 16. The molecule has 3 unspecified atom stereocenters. The van der Waals surface area contributed by atoms with Crippen LogP contribution in [0.4, 0.5) is 22.7 Å². The van der Waals surface area contributed by atoms with Crippen LogP contribution in [0.3, 0.4) is 0 Å². The third-order valence-corrected chi connectivity index (χ3v) is 28.0. The summed E-state index contributed by atoms with van der Waals surface area (Å²) in [5.41, 5.74) is 20.5. The predicted octanol–water partition coefficient (Wildman–Crippen LogP) is 4.91. The van der Waals surface area contributed by atoms with Crippen LogP contribution in [-0.2, 0) is 59.1 Å².